The van der Waals surface area contributed by atoms with Crippen molar-refractivity contribution in [3.8, 4) is 11.8 Å². The standard InChI is InChI=1S/C27H23F3N6O/c1-18-4-5-20(15-19(18)6-8-22-17-32-25-3-2-10-33-36(22)25)26(37)34-21-7-9-24(23(16-21)27(28,29)30)35-13-11-31-12-14-35/h2-5,7,9-10,15-17,31H,11-14H2,1H3,(H,34,37). The average molecular weight is 505 g/mol. The summed E-state index contributed by atoms with van der Waals surface area (Å²) in [6.45, 7) is 4.05. The van der Waals surface area contributed by atoms with Crippen LogP contribution in [0.1, 0.15) is 32.7 Å². The van der Waals surface area contributed by atoms with E-state index in [-0.39, 0.29) is 16.9 Å². The first-order valence-electron chi connectivity index (χ1n) is 11.7. The number of hydrogen-bond donors (Lipinski definition) is 2. The number of nitrogens with zero attached hydrogens (tertiary/aromatic N) is 4. The fourth-order valence-corrected chi connectivity index (χ4v) is 4.17. The predicted octanol–water partition coefficient (Wildman–Crippen LogP) is 4.12. The molecule has 7 nitrogen and oxygen atoms in total. The summed E-state index contributed by atoms with van der Waals surface area (Å²) in [5.41, 5.74) is 2.42. The number of halogens is 3. The van der Waals surface area contributed by atoms with Crippen LogP contribution in [0.15, 0.2) is 60.9 Å². The summed E-state index contributed by atoms with van der Waals surface area (Å²) in [6.07, 6.45) is -1.31. The number of fused-ring (bicyclic) bond motifs is 1. The first-order chi connectivity index (χ1) is 17.8. The molecule has 5 rings (SSSR count). The van der Waals surface area contributed by atoms with Crippen LogP contribution in [-0.4, -0.2) is 46.7 Å². The van der Waals surface area contributed by atoms with Crippen LogP contribution in [0.4, 0.5) is 24.5 Å². The van der Waals surface area contributed by atoms with Gasteiger partial charge < -0.3 is 15.5 Å². The highest BCUT2D eigenvalue weighted by Gasteiger charge is 2.35. The molecule has 0 bridgehead atoms. The quantitative estimate of drug-likeness (QED) is 0.411. The van der Waals surface area contributed by atoms with E-state index >= 15 is 0 Å². The fourth-order valence-electron chi connectivity index (χ4n) is 4.17. The molecule has 1 aliphatic rings. The van der Waals surface area contributed by atoms with Crippen molar-refractivity contribution in [3.63, 3.8) is 0 Å². The highest BCUT2D eigenvalue weighted by molar-refractivity contribution is 6.04. The van der Waals surface area contributed by atoms with Crippen molar-refractivity contribution in [1.82, 2.24) is 19.9 Å². The lowest BCUT2D eigenvalue weighted by Crippen LogP contribution is -2.44. The Morgan fingerprint density at radius 1 is 1.08 bits per heavy atom. The minimum atomic E-state index is -4.56. The number of nitrogens with one attached hydrogen (secondary N) is 2. The number of hydrogen-bond acceptors (Lipinski definition) is 5. The van der Waals surface area contributed by atoms with Crippen LogP contribution in [0.25, 0.3) is 5.65 Å². The maximum atomic E-state index is 13.9. The first-order valence-corrected chi connectivity index (χ1v) is 11.7. The Labute approximate surface area is 211 Å². The van der Waals surface area contributed by atoms with E-state index in [1.54, 1.807) is 46.1 Å². The number of alkyl halides is 3. The van der Waals surface area contributed by atoms with Crippen molar-refractivity contribution in [2.24, 2.45) is 0 Å². The Morgan fingerprint density at radius 3 is 2.68 bits per heavy atom. The molecule has 3 heterocycles. The molecule has 37 heavy (non-hydrogen) atoms. The third-order valence-electron chi connectivity index (χ3n) is 6.12. The number of piperazine rings is 1. The second kappa shape index (κ2) is 9.95. The molecule has 2 aromatic heterocycles. The molecule has 0 saturated carbocycles. The maximum absolute atomic E-state index is 13.9. The molecule has 1 aliphatic heterocycles. The highest BCUT2D eigenvalue weighted by Crippen LogP contribution is 2.38. The van der Waals surface area contributed by atoms with Gasteiger partial charge in [0.2, 0.25) is 0 Å². The molecule has 0 atom stereocenters. The van der Waals surface area contributed by atoms with Gasteiger partial charge in [-0.05, 0) is 60.9 Å². The van der Waals surface area contributed by atoms with Crippen molar-refractivity contribution in [2.45, 2.75) is 13.1 Å². The number of benzene rings is 2. The molecule has 0 unspecified atom stereocenters. The van der Waals surface area contributed by atoms with Gasteiger partial charge in [0.25, 0.3) is 5.91 Å². The highest BCUT2D eigenvalue weighted by atomic mass is 19.4. The Balaban J connectivity index is 1.39. The van der Waals surface area contributed by atoms with E-state index in [2.05, 4.69) is 32.6 Å². The Morgan fingerprint density at radius 2 is 1.89 bits per heavy atom. The molecule has 0 spiro atoms. The van der Waals surface area contributed by atoms with Gasteiger partial charge in [0.1, 0.15) is 5.69 Å². The second-order valence-corrected chi connectivity index (χ2v) is 8.64. The normalized spacial score (nSPS) is 13.8. The molecule has 1 amide bonds. The van der Waals surface area contributed by atoms with Crippen LogP contribution in [0.5, 0.6) is 0 Å². The van der Waals surface area contributed by atoms with E-state index in [1.807, 2.05) is 13.0 Å². The van der Waals surface area contributed by atoms with E-state index in [0.29, 0.717) is 43.1 Å². The summed E-state index contributed by atoms with van der Waals surface area (Å²) in [7, 11) is 0. The Kier molecular flexibility index (Phi) is 6.54. The van der Waals surface area contributed by atoms with Gasteiger partial charge in [0, 0.05) is 54.9 Å². The lowest BCUT2D eigenvalue weighted by molar-refractivity contribution is -0.137. The molecular weight excluding hydrogens is 481 g/mol. The molecule has 2 aromatic carbocycles. The summed E-state index contributed by atoms with van der Waals surface area (Å²) >= 11 is 0. The van der Waals surface area contributed by atoms with Gasteiger partial charge >= 0.3 is 6.18 Å². The van der Waals surface area contributed by atoms with Crippen LogP contribution in [0.2, 0.25) is 0 Å². The molecule has 188 valence electrons. The summed E-state index contributed by atoms with van der Waals surface area (Å²) in [5.74, 6) is 5.55. The van der Waals surface area contributed by atoms with Crippen LogP contribution in [0.3, 0.4) is 0 Å². The van der Waals surface area contributed by atoms with Gasteiger partial charge in [-0.25, -0.2) is 9.50 Å². The van der Waals surface area contributed by atoms with Gasteiger partial charge in [0.05, 0.1) is 11.8 Å². The molecule has 1 fully saturated rings. The van der Waals surface area contributed by atoms with Crippen LogP contribution >= 0.6 is 0 Å². The summed E-state index contributed by atoms with van der Waals surface area (Å²) < 4.78 is 43.2. The number of anilines is 2. The minimum Gasteiger partial charge on any atom is -0.368 e. The van der Waals surface area contributed by atoms with E-state index in [4.69, 9.17) is 0 Å². The Bertz CT molecular complexity index is 1530. The maximum Gasteiger partial charge on any atom is 0.418 e. The molecule has 4 aromatic rings. The topological polar surface area (TPSA) is 74.6 Å². The zero-order valence-corrected chi connectivity index (χ0v) is 19.9. The molecule has 1 saturated heterocycles. The third kappa shape index (κ3) is 5.27. The van der Waals surface area contributed by atoms with Crippen molar-refractivity contribution in [3.05, 3.63) is 88.9 Å². The minimum absolute atomic E-state index is 0.0706. The second-order valence-electron chi connectivity index (χ2n) is 8.64. The van der Waals surface area contributed by atoms with Crippen molar-refractivity contribution < 1.29 is 18.0 Å². The van der Waals surface area contributed by atoms with E-state index in [1.165, 1.54) is 12.1 Å². The number of imidazole rings is 1. The number of aryl methyl sites for hydroxylation is 1. The lowest BCUT2D eigenvalue weighted by atomic mass is 10.0. The SMILES string of the molecule is Cc1ccc(C(=O)Nc2ccc(N3CCNCC3)c(C(F)(F)F)c2)cc1C#Cc1cnc2cccnn12. The van der Waals surface area contributed by atoms with Crippen LogP contribution in [-0.2, 0) is 6.18 Å². The van der Waals surface area contributed by atoms with Crippen LogP contribution < -0.4 is 15.5 Å². The van der Waals surface area contributed by atoms with Gasteiger partial charge in [-0.2, -0.15) is 18.3 Å². The van der Waals surface area contributed by atoms with Crippen molar-refractivity contribution >= 4 is 22.9 Å². The number of carbonyl (C=O) groups is 1. The monoisotopic (exact) mass is 504 g/mol. The van der Waals surface area contributed by atoms with E-state index < -0.39 is 17.6 Å². The third-order valence-corrected chi connectivity index (χ3v) is 6.12. The van der Waals surface area contributed by atoms with Crippen molar-refractivity contribution in [2.75, 3.05) is 36.4 Å². The first kappa shape index (κ1) is 24.3. The zero-order chi connectivity index (χ0) is 26.0. The number of amides is 1. The summed E-state index contributed by atoms with van der Waals surface area (Å²) in [5, 5.41) is 9.96. The van der Waals surface area contributed by atoms with E-state index in [9.17, 15) is 18.0 Å². The average Bonchev–Trinajstić information content (AvgIpc) is 3.31. The number of aromatic nitrogens is 3. The van der Waals surface area contributed by atoms with Gasteiger partial charge in [-0.1, -0.05) is 12.0 Å². The van der Waals surface area contributed by atoms with Crippen molar-refractivity contribution in [1.29, 1.82) is 0 Å². The molecule has 2 N–H and O–H groups in total. The zero-order valence-electron chi connectivity index (χ0n) is 19.9. The Hall–Kier alpha value is -4.36. The molecule has 0 aliphatic carbocycles. The summed E-state index contributed by atoms with van der Waals surface area (Å²) in [4.78, 5) is 18.9. The van der Waals surface area contributed by atoms with Gasteiger partial charge in [-0.15, -0.1) is 0 Å². The van der Waals surface area contributed by atoms with E-state index in [0.717, 1.165) is 11.6 Å². The number of rotatable bonds is 3. The molecular formula is C27H23F3N6O. The largest absolute Gasteiger partial charge is 0.418 e. The van der Waals surface area contributed by atoms with Gasteiger partial charge in [-0.3, -0.25) is 4.79 Å². The summed E-state index contributed by atoms with van der Waals surface area (Å²) in [6, 6.07) is 12.5. The molecule has 10 heteroatoms. The smallest absolute Gasteiger partial charge is 0.368 e. The fraction of sp³-hybridized carbons (Fsp3) is 0.222. The van der Waals surface area contributed by atoms with Gasteiger partial charge in [0.15, 0.2) is 5.65 Å². The van der Waals surface area contributed by atoms with Crippen LogP contribution in [0, 0.1) is 18.8 Å². The molecule has 0 radical (unpaired) electrons. The number of carbonyl (C=O) groups excluding carboxylic acids is 1. The predicted molar refractivity (Wildman–Crippen MR) is 135 cm³/mol. The lowest BCUT2D eigenvalue weighted by Gasteiger charge is -2.31.